The monoisotopic (exact) mass is 360 g/mol. The predicted molar refractivity (Wildman–Crippen MR) is 96.6 cm³/mol. The summed E-state index contributed by atoms with van der Waals surface area (Å²) in [5.74, 6) is -1.52. The van der Waals surface area contributed by atoms with Crippen molar-refractivity contribution < 1.29 is 19.2 Å². The SMILES string of the molecule is CCOC(=O)/C(=C\N(C)C)C(=O)C(c1cccc([N+](=O)[O-])c1)C1CCC1. The van der Waals surface area contributed by atoms with Crippen molar-refractivity contribution in [2.24, 2.45) is 5.92 Å². The van der Waals surface area contributed by atoms with E-state index in [0.29, 0.717) is 5.56 Å². The van der Waals surface area contributed by atoms with E-state index >= 15 is 0 Å². The van der Waals surface area contributed by atoms with Crippen LogP contribution in [0.5, 0.6) is 0 Å². The molecule has 140 valence electrons. The van der Waals surface area contributed by atoms with Crippen LogP contribution >= 0.6 is 0 Å². The van der Waals surface area contributed by atoms with Crippen molar-refractivity contribution in [1.29, 1.82) is 0 Å². The number of non-ortho nitro benzene ring substituents is 1. The minimum absolute atomic E-state index is 0.0275. The van der Waals surface area contributed by atoms with Crippen molar-refractivity contribution in [3.63, 3.8) is 0 Å². The highest BCUT2D eigenvalue weighted by Gasteiger charge is 2.38. The van der Waals surface area contributed by atoms with Crippen molar-refractivity contribution in [2.45, 2.75) is 32.1 Å². The minimum atomic E-state index is -0.666. The highest BCUT2D eigenvalue weighted by molar-refractivity contribution is 6.19. The van der Waals surface area contributed by atoms with Crippen LogP contribution in [-0.4, -0.2) is 42.3 Å². The molecule has 0 heterocycles. The molecule has 1 atom stereocenters. The third-order valence-electron chi connectivity index (χ3n) is 4.49. The summed E-state index contributed by atoms with van der Waals surface area (Å²) in [6.07, 6.45) is 4.19. The zero-order valence-electron chi connectivity index (χ0n) is 15.3. The summed E-state index contributed by atoms with van der Waals surface area (Å²) < 4.78 is 5.04. The Bertz CT molecular complexity index is 722. The quantitative estimate of drug-likeness (QED) is 0.177. The fourth-order valence-electron chi connectivity index (χ4n) is 3.09. The van der Waals surface area contributed by atoms with Gasteiger partial charge in [0.05, 0.1) is 17.4 Å². The Hall–Kier alpha value is -2.70. The van der Waals surface area contributed by atoms with Crippen LogP contribution in [0.2, 0.25) is 0 Å². The second-order valence-corrected chi connectivity index (χ2v) is 6.61. The van der Waals surface area contributed by atoms with Gasteiger partial charge in [-0.1, -0.05) is 18.6 Å². The Morgan fingerprint density at radius 3 is 2.58 bits per heavy atom. The standard InChI is InChI=1S/C19H24N2O5/c1-4-26-19(23)16(12-20(2)3)18(22)17(13-7-5-8-13)14-9-6-10-15(11-14)21(24)25/h6,9-13,17H,4-5,7-8H2,1-3H3/b16-12-. The number of hydrogen-bond donors (Lipinski definition) is 0. The molecule has 0 radical (unpaired) electrons. The first-order valence-electron chi connectivity index (χ1n) is 8.69. The normalized spacial score (nSPS) is 15.7. The number of carbonyl (C=O) groups excluding carboxylic acids is 2. The molecule has 0 N–H and O–H groups in total. The lowest BCUT2D eigenvalue weighted by atomic mass is 9.70. The van der Waals surface area contributed by atoms with E-state index in [9.17, 15) is 19.7 Å². The lowest BCUT2D eigenvalue weighted by Gasteiger charge is -2.33. The first-order valence-corrected chi connectivity index (χ1v) is 8.69. The summed E-state index contributed by atoms with van der Waals surface area (Å²) in [6, 6.07) is 6.12. The number of nitrogens with zero attached hydrogens (tertiary/aromatic N) is 2. The number of ketones is 1. The van der Waals surface area contributed by atoms with Crippen molar-refractivity contribution in [2.75, 3.05) is 20.7 Å². The summed E-state index contributed by atoms with van der Waals surface area (Å²) >= 11 is 0. The van der Waals surface area contributed by atoms with Gasteiger partial charge in [0.2, 0.25) is 0 Å². The number of ether oxygens (including phenoxy) is 1. The van der Waals surface area contributed by atoms with Gasteiger partial charge < -0.3 is 9.64 Å². The molecule has 1 unspecified atom stereocenters. The van der Waals surface area contributed by atoms with E-state index in [-0.39, 0.29) is 29.6 Å². The number of esters is 1. The van der Waals surface area contributed by atoms with Crippen LogP contribution in [0.25, 0.3) is 0 Å². The second kappa shape index (κ2) is 8.60. The van der Waals surface area contributed by atoms with Crippen LogP contribution in [0.1, 0.15) is 37.7 Å². The highest BCUT2D eigenvalue weighted by Crippen LogP contribution is 2.41. The molecule has 7 heteroatoms. The molecule has 0 saturated heterocycles. The first-order chi connectivity index (χ1) is 12.3. The Labute approximate surface area is 152 Å². The van der Waals surface area contributed by atoms with E-state index in [1.165, 1.54) is 18.3 Å². The maximum atomic E-state index is 13.2. The van der Waals surface area contributed by atoms with Crippen molar-refractivity contribution in [1.82, 2.24) is 4.90 Å². The Morgan fingerprint density at radius 2 is 2.08 bits per heavy atom. The average Bonchev–Trinajstić information content (AvgIpc) is 2.55. The molecular formula is C19H24N2O5. The van der Waals surface area contributed by atoms with Crippen LogP contribution in [0.4, 0.5) is 5.69 Å². The third kappa shape index (κ3) is 4.47. The van der Waals surface area contributed by atoms with Gasteiger partial charge in [-0.15, -0.1) is 0 Å². The van der Waals surface area contributed by atoms with Crippen molar-refractivity contribution >= 4 is 17.4 Å². The number of carbonyl (C=O) groups is 2. The van der Waals surface area contributed by atoms with Gasteiger partial charge in [-0.3, -0.25) is 14.9 Å². The maximum Gasteiger partial charge on any atom is 0.343 e. The fraction of sp³-hybridized carbons (Fsp3) is 0.474. The average molecular weight is 360 g/mol. The number of benzene rings is 1. The molecule has 0 aromatic heterocycles. The van der Waals surface area contributed by atoms with E-state index in [0.717, 1.165) is 19.3 Å². The molecule has 7 nitrogen and oxygen atoms in total. The highest BCUT2D eigenvalue weighted by atomic mass is 16.6. The second-order valence-electron chi connectivity index (χ2n) is 6.61. The first kappa shape index (κ1) is 19.6. The minimum Gasteiger partial charge on any atom is -0.462 e. The molecule has 0 bridgehead atoms. The number of Topliss-reactive ketones (excluding diaryl/α,β-unsaturated/α-hetero) is 1. The van der Waals surface area contributed by atoms with E-state index < -0.39 is 16.8 Å². The summed E-state index contributed by atoms with van der Waals surface area (Å²) in [6.45, 7) is 1.85. The van der Waals surface area contributed by atoms with Crippen LogP contribution in [0.15, 0.2) is 36.0 Å². The van der Waals surface area contributed by atoms with E-state index in [4.69, 9.17) is 4.74 Å². The molecule has 0 spiro atoms. The Kier molecular flexibility index (Phi) is 6.49. The molecule has 0 aliphatic heterocycles. The van der Waals surface area contributed by atoms with Crippen molar-refractivity contribution in [3.8, 4) is 0 Å². The molecule has 1 aliphatic rings. The lowest BCUT2D eigenvalue weighted by molar-refractivity contribution is -0.384. The molecular weight excluding hydrogens is 336 g/mol. The molecule has 2 rings (SSSR count). The Balaban J connectivity index is 2.44. The predicted octanol–water partition coefficient (Wildman–Crippen LogP) is 3.06. The molecule has 1 aromatic carbocycles. The van der Waals surface area contributed by atoms with Gasteiger partial charge in [0.1, 0.15) is 5.57 Å². The molecule has 26 heavy (non-hydrogen) atoms. The number of nitro groups is 1. The molecule has 1 aromatic rings. The van der Waals surface area contributed by atoms with Gasteiger partial charge in [-0.05, 0) is 31.2 Å². The molecule has 0 amide bonds. The van der Waals surface area contributed by atoms with Gasteiger partial charge in [0.25, 0.3) is 5.69 Å². The third-order valence-corrected chi connectivity index (χ3v) is 4.49. The fourth-order valence-corrected chi connectivity index (χ4v) is 3.09. The van der Waals surface area contributed by atoms with Gasteiger partial charge in [-0.2, -0.15) is 0 Å². The zero-order chi connectivity index (χ0) is 19.3. The summed E-state index contributed by atoms with van der Waals surface area (Å²) in [4.78, 5) is 37.8. The number of rotatable bonds is 8. The van der Waals surface area contributed by atoms with Gasteiger partial charge in [-0.25, -0.2) is 4.79 Å². The van der Waals surface area contributed by atoms with Crippen LogP contribution < -0.4 is 0 Å². The molecule has 1 aliphatic carbocycles. The Morgan fingerprint density at radius 1 is 1.38 bits per heavy atom. The summed E-state index contributed by atoms with van der Waals surface area (Å²) in [5.41, 5.74) is 0.483. The van der Waals surface area contributed by atoms with E-state index in [2.05, 4.69) is 0 Å². The maximum absolute atomic E-state index is 13.2. The van der Waals surface area contributed by atoms with Crippen LogP contribution in [-0.2, 0) is 14.3 Å². The van der Waals surface area contributed by atoms with E-state index in [1.54, 1.807) is 38.1 Å². The summed E-state index contributed by atoms with van der Waals surface area (Å²) in [7, 11) is 3.44. The van der Waals surface area contributed by atoms with Crippen molar-refractivity contribution in [3.05, 3.63) is 51.7 Å². The number of hydrogen-bond acceptors (Lipinski definition) is 6. The smallest absolute Gasteiger partial charge is 0.343 e. The largest absolute Gasteiger partial charge is 0.462 e. The van der Waals surface area contributed by atoms with E-state index in [1.807, 2.05) is 0 Å². The lowest BCUT2D eigenvalue weighted by Crippen LogP contribution is -2.31. The zero-order valence-corrected chi connectivity index (χ0v) is 15.3. The van der Waals surface area contributed by atoms with Crippen LogP contribution in [0.3, 0.4) is 0 Å². The summed E-state index contributed by atoms with van der Waals surface area (Å²) in [5, 5.41) is 11.1. The van der Waals surface area contributed by atoms with Gasteiger partial charge in [0.15, 0.2) is 5.78 Å². The number of nitro benzene ring substituents is 1. The molecule has 1 saturated carbocycles. The van der Waals surface area contributed by atoms with Crippen LogP contribution in [0, 0.1) is 16.0 Å². The molecule has 1 fully saturated rings. The van der Waals surface area contributed by atoms with Gasteiger partial charge >= 0.3 is 5.97 Å². The topological polar surface area (TPSA) is 89.8 Å². The van der Waals surface area contributed by atoms with Gasteiger partial charge in [0, 0.05) is 32.4 Å².